The van der Waals surface area contributed by atoms with Crippen molar-refractivity contribution in [1.29, 1.82) is 0 Å². The van der Waals surface area contributed by atoms with E-state index in [-0.39, 0.29) is 12.5 Å². The molecule has 0 fully saturated rings. The first-order valence-corrected chi connectivity index (χ1v) is 12.1. The van der Waals surface area contributed by atoms with E-state index >= 15 is 0 Å². The van der Waals surface area contributed by atoms with Crippen molar-refractivity contribution in [1.82, 2.24) is 10.2 Å². The van der Waals surface area contributed by atoms with Gasteiger partial charge in [-0.25, -0.2) is 12.8 Å². The van der Waals surface area contributed by atoms with Gasteiger partial charge in [0.25, 0.3) is 0 Å². The van der Waals surface area contributed by atoms with E-state index in [2.05, 4.69) is 5.32 Å². The lowest BCUT2D eigenvalue weighted by molar-refractivity contribution is -0.140. The Morgan fingerprint density at radius 1 is 1.06 bits per heavy atom. The second kappa shape index (κ2) is 10.6. The molecule has 2 amide bonds. The summed E-state index contributed by atoms with van der Waals surface area (Å²) in [5.74, 6) is -1.31. The summed E-state index contributed by atoms with van der Waals surface area (Å²) in [6.07, 6.45) is 1.37. The summed E-state index contributed by atoms with van der Waals surface area (Å²) in [6.45, 7) is 5.11. The highest BCUT2D eigenvalue weighted by atomic mass is 32.2. The monoisotopic (exact) mass is 463 g/mol. The van der Waals surface area contributed by atoms with Gasteiger partial charge in [0, 0.05) is 13.6 Å². The Balaban J connectivity index is 2.43. The maximum absolute atomic E-state index is 13.4. The molecule has 2 aromatic carbocycles. The van der Waals surface area contributed by atoms with Crippen LogP contribution >= 0.6 is 0 Å². The topological polar surface area (TPSA) is 86.8 Å². The van der Waals surface area contributed by atoms with Crippen molar-refractivity contribution in [3.05, 3.63) is 65.0 Å². The van der Waals surface area contributed by atoms with Crippen molar-refractivity contribution in [2.45, 2.75) is 39.8 Å². The fraction of sp³-hybridized carbons (Fsp3) is 0.391. The smallest absolute Gasteiger partial charge is 0.244 e. The summed E-state index contributed by atoms with van der Waals surface area (Å²) in [7, 11) is -2.30. The molecule has 0 radical (unpaired) electrons. The van der Waals surface area contributed by atoms with Gasteiger partial charge < -0.3 is 10.2 Å². The SMILES string of the molecule is CCC(C(=O)NC)N(Cc1ccc(F)cc1)C(=O)CN(c1ccc(C)c(C)c1)S(C)(=O)=O. The standard InChI is InChI=1S/C23H30FN3O4S/c1-6-21(23(29)25-4)26(14-18-8-10-19(24)11-9-18)22(28)15-27(32(5,30)31)20-12-7-16(2)17(3)13-20/h7-13,21H,6,14-15H2,1-5H3,(H,25,29). The molecular weight excluding hydrogens is 433 g/mol. The highest BCUT2D eigenvalue weighted by Gasteiger charge is 2.31. The summed E-state index contributed by atoms with van der Waals surface area (Å²) < 4.78 is 39.5. The highest BCUT2D eigenvalue weighted by Crippen LogP contribution is 2.22. The molecule has 0 bridgehead atoms. The van der Waals surface area contributed by atoms with Crippen molar-refractivity contribution < 1.29 is 22.4 Å². The second-order valence-electron chi connectivity index (χ2n) is 7.72. The molecule has 0 aliphatic carbocycles. The van der Waals surface area contributed by atoms with Crippen LogP contribution in [0.5, 0.6) is 0 Å². The Bertz CT molecular complexity index is 1070. The predicted molar refractivity (Wildman–Crippen MR) is 123 cm³/mol. The molecule has 2 aromatic rings. The number of hydrogen-bond acceptors (Lipinski definition) is 4. The molecule has 32 heavy (non-hydrogen) atoms. The fourth-order valence-corrected chi connectivity index (χ4v) is 4.21. The van der Waals surface area contributed by atoms with Crippen LogP contribution in [0.2, 0.25) is 0 Å². The van der Waals surface area contributed by atoms with Crippen molar-refractivity contribution in [2.75, 3.05) is 24.2 Å². The van der Waals surface area contributed by atoms with E-state index in [1.165, 1.54) is 36.2 Å². The Labute approximate surface area is 189 Å². The van der Waals surface area contributed by atoms with Gasteiger partial charge in [0.15, 0.2) is 0 Å². The number of aryl methyl sites for hydroxylation is 2. The maximum Gasteiger partial charge on any atom is 0.244 e. The van der Waals surface area contributed by atoms with Crippen LogP contribution in [-0.4, -0.2) is 51.0 Å². The van der Waals surface area contributed by atoms with E-state index in [1.807, 2.05) is 13.8 Å². The van der Waals surface area contributed by atoms with Gasteiger partial charge in [-0.3, -0.25) is 13.9 Å². The quantitative estimate of drug-likeness (QED) is 0.620. The van der Waals surface area contributed by atoms with E-state index < -0.39 is 34.3 Å². The summed E-state index contributed by atoms with van der Waals surface area (Å²) in [5, 5.41) is 2.55. The Morgan fingerprint density at radius 3 is 2.19 bits per heavy atom. The molecule has 7 nitrogen and oxygen atoms in total. The van der Waals surface area contributed by atoms with E-state index in [9.17, 15) is 22.4 Å². The molecule has 1 N–H and O–H groups in total. The van der Waals surface area contributed by atoms with Gasteiger partial charge >= 0.3 is 0 Å². The summed E-state index contributed by atoms with van der Waals surface area (Å²) in [6, 6.07) is 9.96. The van der Waals surface area contributed by atoms with Crippen LogP contribution in [0.15, 0.2) is 42.5 Å². The fourth-order valence-electron chi connectivity index (χ4n) is 3.37. The molecule has 0 saturated heterocycles. The Morgan fingerprint density at radius 2 is 1.69 bits per heavy atom. The molecule has 9 heteroatoms. The molecule has 0 aliphatic heterocycles. The van der Waals surface area contributed by atoms with Gasteiger partial charge in [-0.1, -0.05) is 25.1 Å². The number of sulfonamides is 1. The van der Waals surface area contributed by atoms with E-state index in [1.54, 1.807) is 25.1 Å². The highest BCUT2D eigenvalue weighted by molar-refractivity contribution is 7.92. The van der Waals surface area contributed by atoms with Crippen molar-refractivity contribution in [2.24, 2.45) is 0 Å². The van der Waals surface area contributed by atoms with Crippen LogP contribution in [-0.2, 0) is 26.2 Å². The summed E-state index contributed by atoms with van der Waals surface area (Å²) in [4.78, 5) is 27.2. The van der Waals surface area contributed by atoms with Crippen LogP contribution < -0.4 is 9.62 Å². The number of benzene rings is 2. The summed E-state index contributed by atoms with van der Waals surface area (Å²) in [5.41, 5.74) is 2.89. The molecule has 0 aromatic heterocycles. The van der Waals surface area contributed by atoms with Crippen LogP contribution in [0.4, 0.5) is 10.1 Å². The lowest BCUT2D eigenvalue weighted by atomic mass is 10.1. The molecule has 0 saturated carbocycles. The van der Waals surface area contributed by atoms with Gasteiger partial charge in [-0.15, -0.1) is 0 Å². The number of rotatable bonds is 9. The second-order valence-corrected chi connectivity index (χ2v) is 9.63. The number of likely N-dealkylation sites (N-methyl/N-ethyl adjacent to an activating group) is 1. The largest absolute Gasteiger partial charge is 0.357 e. The molecule has 0 heterocycles. The van der Waals surface area contributed by atoms with Crippen LogP contribution in [0.3, 0.4) is 0 Å². The number of nitrogens with one attached hydrogen (secondary N) is 1. The van der Waals surface area contributed by atoms with E-state index in [0.29, 0.717) is 17.7 Å². The molecule has 0 aliphatic rings. The first kappa shape index (κ1) is 25.3. The number of carbonyl (C=O) groups excluding carboxylic acids is 2. The number of hydrogen-bond donors (Lipinski definition) is 1. The first-order valence-electron chi connectivity index (χ1n) is 10.3. The van der Waals surface area contributed by atoms with Crippen molar-refractivity contribution in [3.8, 4) is 0 Å². The van der Waals surface area contributed by atoms with Crippen LogP contribution in [0.1, 0.15) is 30.0 Å². The predicted octanol–water partition coefficient (Wildman–Crippen LogP) is 2.76. The number of amides is 2. The zero-order chi connectivity index (χ0) is 24.1. The average molecular weight is 464 g/mol. The molecule has 1 atom stereocenters. The zero-order valence-electron chi connectivity index (χ0n) is 19.1. The normalized spacial score (nSPS) is 12.2. The van der Waals surface area contributed by atoms with E-state index in [0.717, 1.165) is 21.7 Å². The number of halogens is 1. The molecular formula is C23H30FN3O4S. The minimum Gasteiger partial charge on any atom is -0.357 e. The van der Waals surface area contributed by atoms with E-state index in [4.69, 9.17) is 0 Å². The number of carbonyl (C=O) groups is 2. The Hall–Kier alpha value is -2.94. The summed E-state index contributed by atoms with van der Waals surface area (Å²) >= 11 is 0. The zero-order valence-corrected chi connectivity index (χ0v) is 19.9. The first-order chi connectivity index (χ1) is 15.0. The number of nitrogens with zero attached hydrogens (tertiary/aromatic N) is 2. The average Bonchev–Trinajstić information content (AvgIpc) is 2.74. The lowest BCUT2D eigenvalue weighted by Crippen LogP contribution is -2.51. The third kappa shape index (κ3) is 6.29. The molecule has 174 valence electrons. The minimum absolute atomic E-state index is 0.0373. The van der Waals surface area contributed by atoms with Gasteiger partial charge in [0.1, 0.15) is 18.4 Å². The molecule has 0 spiro atoms. The van der Waals surface area contributed by atoms with Crippen LogP contribution in [0.25, 0.3) is 0 Å². The van der Waals surface area contributed by atoms with Gasteiger partial charge in [0.2, 0.25) is 21.8 Å². The lowest BCUT2D eigenvalue weighted by Gasteiger charge is -2.32. The van der Waals surface area contributed by atoms with Gasteiger partial charge in [0.05, 0.1) is 11.9 Å². The third-order valence-electron chi connectivity index (χ3n) is 5.36. The van der Waals surface area contributed by atoms with Crippen molar-refractivity contribution in [3.63, 3.8) is 0 Å². The van der Waals surface area contributed by atoms with Gasteiger partial charge in [-0.2, -0.15) is 0 Å². The molecule has 2 rings (SSSR count). The Kier molecular flexibility index (Phi) is 8.38. The third-order valence-corrected chi connectivity index (χ3v) is 6.50. The van der Waals surface area contributed by atoms with Crippen LogP contribution in [0, 0.1) is 19.7 Å². The number of anilines is 1. The molecule has 1 unspecified atom stereocenters. The van der Waals surface area contributed by atoms with Crippen molar-refractivity contribution >= 4 is 27.5 Å². The van der Waals surface area contributed by atoms with Gasteiger partial charge in [-0.05, 0) is 61.2 Å². The maximum atomic E-state index is 13.4. The minimum atomic E-state index is -3.78.